The maximum atomic E-state index is 13.3. The SMILES string of the molecule is CNS(=O)(=O)c1cc(C(=O)N2CCN(c3ncnc4[nH]ccc34)CC3(CC3)C2)sc1C. The quantitative estimate of drug-likeness (QED) is 0.616. The fourth-order valence-corrected chi connectivity index (χ4v) is 6.60. The van der Waals surface area contributed by atoms with Crippen LogP contribution >= 0.6 is 11.3 Å². The lowest BCUT2D eigenvalue weighted by Crippen LogP contribution is -2.36. The fourth-order valence-electron chi connectivity index (χ4n) is 4.32. The van der Waals surface area contributed by atoms with Crippen molar-refractivity contribution >= 4 is 44.1 Å². The molecule has 2 aliphatic rings. The molecule has 1 aliphatic carbocycles. The van der Waals surface area contributed by atoms with Crippen molar-refractivity contribution in [2.45, 2.75) is 24.7 Å². The fraction of sp³-hybridized carbons (Fsp3) is 0.450. The Balaban J connectivity index is 1.42. The smallest absolute Gasteiger partial charge is 0.264 e. The first-order chi connectivity index (χ1) is 14.8. The van der Waals surface area contributed by atoms with Crippen molar-refractivity contribution in [3.05, 3.63) is 34.4 Å². The molecule has 4 heterocycles. The summed E-state index contributed by atoms with van der Waals surface area (Å²) in [5.41, 5.74) is 0.866. The molecule has 0 bridgehead atoms. The molecule has 2 N–H and O–H groups in total. The largest absolute Gasteiger partial charge is 0.354 e. The van der Waals surface area contributed by atoms with Crippen LogP contribution in [0.15, 0.2) is 29.6 Å². The summed E-state index contributed by atoms with van der Waals surface area (Å²) in [6, 6.07) is 3.49. The summed E-state index contributed by atoms with van der Waals surface area (Å²) >= 11 is 1.24. The zero-order valence-electron chi connectivity index (χ0n) is 17.4. The van der Waals surface area contributed by atoms with Gasteiger partial charge in [0.25, 0.3) is 5.91 Å². The molecule has 1 aliphatic heterocycles. The van der Waals surface area contributed by atoms with Gasteiger partial charge in [0.2, 0.25) is 10.0 Å². The first-order valence-corrected chi connectivity index (χ1v) is 12.5. The number of thiophene rings is 1. The number of nitrogens with one attached hydrogen (secondary N) is 2. The second-order valence-electron chi connectivity index (χ2n) is 8.32. The normalized spacial score (nSPS) is 18.5. The monoisotopic (exact) mass is 460 g/mol. The Kier molecular flexibility index (Phi) is 4.79. The Labute approximate surface area is 184 Å². The van der Waals surface area contributed by atoms with Crippen LogP contribution in [-0.4, -0.2) is 67.4 Å². The highest BCUT2D eigenvalue weighted by molar-refractivity contribution is 7.89. The number of hydrogen-bond acceptors (Lipinski definition) is 7. The van der Waals surface area contributed by atoms with Crippen molar-refractivity contribution < 1.29 is 13.2 Å². The topological polar surface area (TPSA) is 111 Å². The molecule has 0 atom stereocenters. The number of aromatic nitrogens is 3. The van der Waals surface area contributed by atoms with E-state index in [-0.39, 0.29) is 16.2 Å². The number of nitrogens with zero attached hydrogens (tertiary/aromatic N) is 4. The molecule has 3 aromatic rings. The average Bonchev–Trinajstić information content (AvgIpc) is 3.19. The number of rotatable bonds is 4. The molecule has 164 valence electrons. The van der Waals surface area contributed by atoms with E-state index in [0.717, 1.165) is 36.2 Å². The summed E-state index contributed by atoms with van der Waals surface area (Å²) in [4.78, 5) is 30.7. The molecule has 5 rings (SSSR count). The first-order valence-electron chi connectivity index (χ1n) is 10.2. The van der Waals surface area contributed by atoms with Crippen molar-refractivity contribution in [1.82, 2.24) is 24.6 Å². The highest BCUT2D eigenvalue weighted by Crippen LogP contribution is 2.49. The van der Waals surface area contributed by atoms with Crippen LogP contribution in [-0.2, 0) is 10.0 Å². The number of hydrogen-bond donors (Lipinski definition) is 2. The Bertz CT molecular complexity index is 1260. The molecule has 2 fully saturated rings. The molecule has 0 unspecified atom stereocenters. The molecule has 31 heavy (non-hydrogen) atoms. The van der Waals surface area contributed by atoms with Gasteiger partial charge in [-0.3, -0.25) is 4.79 Å². The number of amides is 1. The van der Waals surface area contributed by atoms with Crippen molar-refractivity contribution in [3.8, 4) is 0 Å². The van der Waals surface area contributed by atoms with E-state index in [1.165, 1.54) is 24.5 Å². The third-order valence-corrected chi connectivity index (χ3v) is 8.92. The number of fused-ring (bicyclic) bond motifs is 1. The van der Waals surface area contributed by atoms with Gasteiger partial charge >= 0.3 is 0 Å². The van der Waals surface area contributed by atoms with Gasteiger partial charge in [-0.25, -0.2) is 23.1 Å². The molecule has 9 nitrogen and oxygen atoms in total. The summed E-state index contributed by atoms with van der Waals surface area (Å²) in [7, 11) is -2.21. The maximum Gasteiger partial charge on any atom is 0.264 e. The van der Waals surface area contributed by atoms with Gasteiger partial charge < -0.3 is 14.8 Å². The molecule has 1 amide bonds. The summed E-state index contributed by atoms with van der Waals surface area (Å²) < 4.78 is 26.8. The molecule has 1 saturated carbocycles. The van der Waals surface area contributed by atoms with Gasteiger partial charge in [-0.15, -0.1) is 11.3 Å². The van der Waals surface area contributed by atoms with Crippen molar-refractivity contribution in [2.75, 3.05) is 38.1 Å². The molecule has 1 saturated heterocycles. The molecule has 0 radical (unpaired) electrons. The molecular weight excluding hydrogens is 436 g/mol. The van der Waals surface area contributed by atoms with E-state index in [1.54, 1.807) is 13.3 Å². The van der Waals surface area contributed by atoms with Crippen LogP contribution in [0.2, 0.25) is 0 Å². The number of carbonyl (C=O) groups excluding carboxylic acids is 1. The summed E-state index contributed by atoms with van der Waals surface area (Å²) in [5, 5.41) is 0.980. The standard InChI is InChI=1S/C20H24N6O3S2/c1-13-16(31(28,29)21-2)9-15(30-13)19(27)26-8-7-25(10-20(11-26)4-5-20)18-14-3-6-22-17(14)23-12-24-18/h3,6,9,12,21H,4-5,7-8,10-11H2,1-2H3,(H,22,23,24). The number of anilines is 1. The second kappa shape index (κ2) is 7.28. The van der Waals surface area contributed by atoms with Gasteiger partial charge in [-0.2, -0.15) is 0 Å². The van der Waals surface area contributed by atoms with Crippen molar-refractivity contribution in [3.63, 3.8) is 0 Å². The molecule has 3 aromatic heterocycles. The van der Waals surface area contributed by atoms with E-state index in [9.17, 15) is 13.2 Å². The minimum atomic E-state index is -3.59. The maximum absolute atomic E-state index is 13.3. The van der Waals surface area contributed by atoms with E-state index < -0.39 is 10.0 Å². The Morgan fingerprint density at radius 1 is 1.26 bits per heavy atom. The highest BCUT2D eigenvalue weighted by atomic mass is 32.2. The molecule has 1 spiro atoms. The number of aryl methyl sites for hydroxylation is 1. The number of sulfonamides is 1. The zero-order chi connectivity index (χ0) is 21.8. The second-order valence-corrected chi connectivity index (χ2v) is 11.4. The van der Waals surface area contributed by atoms with E-state index in [1.807, 2.05) is 17.2 Å². The lowest BCUT2D eigenvalue weighted by atomic mass is 10.1. The Morgan fingerprint density at radius 3 is 2.81 bits per heavy atom. The van der Waals surface area contributed by atoms with E-state index in [0.29, 0.717) is 29.4 Å². The third-order valence-electron chi connectivity index (χ3n) is 6.21. The minimum absolute atomic E-state index is 0.0614. The van der Waals surface area contributed by atoms with Crippen LogP contribution in [0.1, 0.15) is 27.4 Å². The van der Waals surface area contributed by atoms with Gasteiger partial charge in [0.05, 0.1) is 15.2 Å². The number of aromatic amines is 1. The zero-order valence-corrected chi connectivity index (χ0v) is 19.0. The third kappa shape index (κ3) is 3.60. The van der Waals surface area contributed by atoms with E-state index in [4.69, 9.17) is 0 Å². The van der Waals surface area contributed by atoms with Crippen LogP contribution in [0.5, 0.6) is 0 Å². The van der Waals surface area contributed by atoms with Crippen LogP contribution in [0.4, 0.5) is 5.82 Å². The highest BCUT2D eigenvalue weighted by Gasteiger charge is 2.48. The Morgan fingerprint density at radius 2 is 2.06 bits per heavy atom. The number of H-pyrrole nitrogens is 1. The van der Waals surface area contributed by atoms with Gasteiger partial charge in [-0.05, 0) is 38.9 Å². The van der Waals surface area contributed by atoms with Crippen molar-refractivity contribution in [2.24, 2.45) is 5.41 Å². The van der Waals surface area contributed by atoms with Gasteiger partial charge in [0.15, 0.2) is 0 Å². The Hall–Kier alpha value is -2.50. The minimum Gasteiger partial charge on any atom is -0.354 e. The van der Waals surface area contributed by atoms with Crippen molar-refractivity contribution in [1.29, 1.82) is 0 Å². The van der Waals surface area contributed by atoms with Crippen LogP contribution < -0.4 is 9.62 Å². The van der Waals surface area contributed by atoms with E-state index in [2.05, 4.69) is 24.6 Å². The number of carbonyl (C=O) groups is 1. The lowest BCUT2D eigenvalue weighted by molar-refractivity contribution is 0.0745. The van der Waals surface area contributed by atoms with Crippen LogP contribution in [0, 0.1) is 12.3 Å². The predicted molar refractivity (Wildman–Crippen MR) is 119 cm³/mol. The van der Waals surface area contributed by atoms with Crippen LogP contribution in [0.3, 0.4) is 0 Å². The van der Waals surface area contributed by atoms with E-state index >= 15 is 0 Å². The molecule has 11 heteroatoms. The van der Waals surface area contributed by atoms with Gasteiger partial charge in [0, 0.05) is 42.7 Å². The average molecular weight is 461 g/mol. The molecule has 0 aromatic carbocycles. The lowest BCUT2D eigenvalue weighted by Gasteiger charge is -2.25. The summed E-state index contributed by atoms with van der Waals surface area (Å²) in [6.45, 7) is 4.47. The van der Waals surface area contributed by atoms with Gasteiger partial charge in [-0.1, -0.05) is 0 Å². The molecular formula is C20H24N6O3S2. The predicted octanol–water partition coefficient (Wildman–Crippen LogP) is 1.98. The first kappa shape index (κ1) is 20.4. The summed E-state index contributed by atoms with van der Waals surface area (Å²) in [6.07, 6.45) is 5.56. The van der Waals surface area contributed by atoms with Crippen LogP contribution in [0.25, 0.3) is 11.0 Å². The van der Waals surface area contributed by atoms with Gasteiger partial charge in [0.1, 0.15) is 17.8 Å². The summed E-state index contributed by atoms with van der Waals surface area (Å²) in [5.74, 6) is 0.787.